The fourth-order valence-electron chi connectivity index (χ4n) is 5.54. The SMILES string of the molecule is CC(=O)N1CCC(c2cc3c(N[C@H](C)c4cccc(C(F)F)c4F)nc(C)nc3c3c2OCCN3C)CC1. The molecule has 1 atom stereocenters. The number of benzene rings is 2. The van der Waals surface area contributed by atoms with Crippen LogP contribution in [-0.4, -0.2) is 54.1 Å². The largest absolute Gasteiger partial charge is 0.489 e. The van der Waals surface area contributed by atoms with Crippen LogP contribution in [0.25, 0.3) is 10.9 Å². The predicted octanol–water partition coefficient (Wildman–Crippen LogP) is 5.74. The Labute approximate surface area is 220 Å². The van der Waals surface area contributed by atoms with Crippen molar-refractivity contribution >= 4 is 28.3 Å². The molecule has 2 aliphatic heterocycles. The monoisotopic (exact) mass is 527 g/mol. The number of aryl methyl sites for hydroxylation is 1. The van der Waals surface area contributed by atoms with Gasteiger partial charge < -0.3 is 19.9 Å². The van der Waals surface area contributed by atoms with Crippen LogP contribution in [0.5, 0.6) is 5.75 Å². The highest BCUT2D eigenvalue weighted by atomic mass is 19.3. The van der Waals surface area contributed by atoms with Gasteiger partial charge in [0.1, 0.15) is 41.0 Å². The number of amides is 1. The molecule has 10 heteroatoms. The molecule has 0 unspecified atom stereocenters. The number of likely N-dealkylation sites (tertiary alicyclic amines) is 1. The molecule has 0 spiro atoms. The zero-order valence-corrected chi connectivity index (χ0v) is 22.0. The number of likely N-dealkylation sites (N-methyl/N-ethyl adjacent to an activating group) is 1. The van der Waals surface area contributed by atoms with E-state index in [0.29, 0.717) is 37.9 Å². The molecular formula is C28H32F3N5O2. The second-order valence-corrected chi connectivity index (χ2v) is 10.1. The molecule has 3 heterocycles. The summed E-state index contributed by atoms with van der Waals surface area (Å²) < 4.78 is 47.8. The molecule has 1 saturated heterocycles. The maximum Gasteiger partial charge on any atom is 0.266 e. The molecule has 2 aromatic carbocycles. The molecule has 5 rings (SSSR count). The van der Waals surface area contributed by atoms with Gasteiger partial charge in [-0.2, -0.15) is 0 Å². The Morgan fingerprint density at radius 1 is 1.16 bits per heavy atom. The third kappa shape index (κ3) is 4.72. The van der Waals surface area contributed by atoms with E-state index in [1.165, 1.54) is 12.1 Å². The van der Waals surface area contributed by atoms with E-state index in [1.807, 2.05) is 18.0 Å². The van der Waals surface area contributed by atoms with Crippen LogP contribution in [-0.2, 0) is 4.79 Å². The van der Waals surface area contributed by atoms with Gasteiger partial charge in [-0.1, -0.05) is 18.2 Å². The smallest absolute Gasteiger partial charge is 0.266 e. The summed E-state index contributed by atoms with van der Waals surface area (Å²) in [5.41, 5.74) is 2.16. The fourth-order valence-corrected chi connectivity index (χ4v) is 5.54. The summed E-state index contributed by atoms with van der Waals surface area (Å²) >= 11 is 0. The Morgan fingerprint density at radius 3 is 2.55 bits per heavy atom. The maximum absolute atomic E-state index is 14.9. The highest BCUT2D eigenvalue weighted by Crippen LogP contribution is 2.47. The molecule has 0 bridgehead atoms. The van der Waals surface area contributed by atoms with Crippen LogP contribution in [0, 0.1) is 12.7 Å². The van der Waals surface area contributed by atoms with Crippen molar-refractivity contribution < 1.29 is 22.7 Å². The first-order valence-corrected chi connectivity index (χ1v) is 12.9. The van der Waals surface area contributed by atoms with Crippen LogP contribution < -0.4 is 15.0 Å². The Balaban J connectivity index is 1.60. The lowest BCUT2D eigenvalue weighted by Gasteiger charge is -2.35. The van der Waals surface area contributed by atoms with E-state index in [2.05, 4.69) is 15.2 Å². The van der Waals surface area contributed by atoms with Crippen LogP contribution in [0.1, 0.15) is 67.6 Å². The van der Waals surface area contributed by atoms with E-state index in [1.54, 1.807) is 20.8 Å². The Kier molecular flexibility index (Phi) is 7.07. The van der Waals surface area contributed by atoms with Crippen LogP contribution >= 0.6 is 0 Å². The minimum Gasteiger partial charge on any atom is -0.489 e. The van der Waals surface area contributed by atoms with Crippen molar-refractivity contribution in [2.24, 2.45) is 0 Å². The number of anilines is 2. The molecule has 1 amide bonds. The molecule has 202 valence electrons. The topological polar surface area (TPSA) is 70.6 Å². The van der Waals surface area contributed by atoms with Crippen molar-refractivity contribution in [3.05, 3.63) is 52.6 Å². The molecule has 2 aliphatic rings. The number of rotatable bonds is 5. The van der Waals surface area contributed by atoms with E-state index in [9.17, 15) is 18.0 Å². The molecule has 1 N–H and O–H groups in total. The first-order chi connectivity index (χ1) is 18.2. The third-order valence-corrected chi connectivity index (χ3v) is 7.61. The third-order valence-electron chi connectivity index (χ3n) is 7.61. The summed E-state index contributed by atoms with van der Waals surface area (Å²) in [7, 11) is 2.00. The van der Waals surface area contributed by atoms with Gasteiger partial charge in [0.15, 0.2) is 0 Å². The normalized spacial score (nSPS) is 16.9. The summed E-state index contributed by atoms with van der Waals surface area (Å²) in [4.78, 5) is 25.3. The second-order valence-electron chi connectivity index (χ2n) is 10.1. The lowest BCUT2D eigenvalue weighted by atomic mass is 9.87. The molecule has 0 aliphatic carbocycles. The number of ether oxygens (including phenoxy) is 1. The highest BCUT2D eigenvalue weighted by molar-refractivity contribution is 6.01. The lowest BCUT2D eigenvalue weighted by molar-refractivity contribution is -0.129. The van der Waals surface area contributed by atoms with Gasteiger partial charge in [-0.05, 0) is 38.7 Å². The van der Waals surface area contributed by atoms with E-state index < -0.39 is 23.8 Å². The first-order valence-electron chi connectivity index (χ1n) is 12.9. The van der Waals surface area contributed by atoms with Gasteiger partial charge in [-0.3, -0.25) is 4.79 Å². The van der Waals surface area contributed by atoms with Crippen molar-refractivity contribution in [2.75, 3.05) is 43.5 Å². The standard InChI is InChI=1S/C28H32F3N5O2/c1-15(19-6-5-7-20(23(19)29)27(30)31)32-28-22-14-21(18-8-10-36(11-9-18)17(3)37)26-25(35(4)12-13-38-26)24(22)33-16(2)34-28/h5-7,14-15,18,27H,8-13H2,1-4H3,(H,32,33,34)/t15-/m1/s1. The second kappa shape index (κ2) is 10.3. The van der Waals surface area contributed by atoms with E-state index >= 15 is 0 Å². The van der Waals surface area contributed by atoms with Crippen LogP contribution in [0.4, 0.5) is 24.7 Å². The highest BCUT2D eigenvalue weighted by Gasteiger charge is 2.31. The Hall–Kier alpha value is -3.56. The van der Waals surface area contributed by atoms with Crippen LogP contribution in [0.15, 0.2) is 24.3 Å². The number of nitrogens with one attached hydrogen (secondary N) is 1. The predicted molar refractivity (Wildman–Crippen MR) is 141 cm³/mol. The van der Waals surface area contributed by atoms with Crippen LogP contribution in [0.2, 0.25) is 0 Å². The average Bonchev–Trinajstić information content (AvgIpc) is 2.88. The zero-order chi connectivity index (χ0) is 27.1. The minimum atomic E-state index is -2.90. The lowest BCUT2D eigenvalue weighted by Crippen LogP contribution is -2.37. The molecule has 7 nitrogen and oxygen atoms in total. The number of carbonyl (C=O) groups is 1. The quantitative estimate of drug-likeness (QED) is 0.456. The Bertz CT molecular complexity index is 1370. The van der Waals surface area contributed by atoms with Gasteiger partial charge in [-0.25, -0.2) is 23.1 Å². The molecule has 1 fully saturated rings. The van der Waals surface area contributed by atoms with Crippen molar-refractivity contribution in [3.63, 3.8) is 0 Å². The molecule has 3 aromatic rings. The molecule has 0 radical (unpaired) electrons. The number of alkyl halides is 2. The summed E-state index contributed by atoms with van der Waals surface area (Å²) in [6.45, 7) is 7.71. The minimum absolute atomic E-state index is 0.0764. The fraction of sp³-hybridized carbons (Fsp3) is 0.464. The number of nitrogens with zero attached hydrogens (tertiary/aromatic N) is 4. The molecule has 1 aromatic heterocycles. The van der Waals surface area contributed by atoms with Crippen molar-refractivity contribution in [1.29, 1.82) is 0 Å². The van der Waals surface area contributed by atoms with Crippen molar-refractivity contribution in [2.45, 2.75) is 52.0 Å². The van der Waals surface area contributed by atoms with Gasteiger partial charge in [0, 0.05) is 43.6 Å². The number of piperidine rings is 1. The zero-order valence-electron chi connectivity index (χ0n) is 22.0. The molecule has 0 saturated carbocycles. The maximum atomic E-state index is 14.9. The summed E-state index contributed by atoms with van der Waals surface area (Å²) in [6, 6.07) is 5.47. The van der Waals surface area contributed by atoms with E-state index in [0.717, 1.165) is 46.8 Å². The average molecular weight is 528 g/mol. The van der Waals surface area contributed by atoms with Gasteiger partial charge in [0.25, 0.3) is 6.43 Å². The van der Waals surface area contributed by atoms with Crippen molar-refractivity contribution in [1.82, 2.24) is 14.9 Å². The summed E-state index contributed by atoms with van der Waals surface area (Å²) in [5, 5.41) is 4.03. The number of carbonyl (C=O) groups excluding carboxylic acids is 1. The number of aromatic nitrogens is 2. The van der Waals surface area contributed by atoms with Gasteiger partial charge in [-0.15, -0.1) is 0 Å². The summed E-state index contributed by atoms with van der Waals surface area (Å²) in [5.74, 6) is 1.18. The molecular weight excluding hydrogens is 495 g/mol. The number of hydrogen-bond donors (Lipinski definition) is 1. The van der Waals surface area contributed by atoms with Crippen molar-refractivity contribution in [3.8, 4) is 5.75 Å². The first kappa shape index (κ1) is 26.1. The van der Waals surface area contributed by atoms with E-state index in [-0.39, 0.29) is 17.4 Å². The van der Waals surface area contributed by atoms with Gasteiger partial charge in [0.2, 0.25) is 5.91 Å². The number of halogens is 3. The number of hydrogen-bond acceptors (Lipinski definition) is 6. The summed E-state index contributed by atoms with van der Waals surface area (Å²) in [6.07, 6.45) is -1.28. The van der Waals surface area contributed by atoms with E-state index in [4.69, 9.17) is 9.72 Å². The molecule has 38 heavy (non-hydrogen) atoms. The number of fused-ring (bicyclic) bond motifs is 3. The van der Waals surface area contributed by atoms with Gasteiger partial charge in [0.05, 0.1) is 18.2 Å². The van der Waals surface area contributed by atoms with Gasteiger partial charge >= 0.3 is 0 Å². The Morgan fingerprint density at radius 2 is 1.87 bits per heavy atom. The van der Waals surface area contributed by atoms with Crippen LogP contribution in [0.3, 0.4) is 0 Å².